The van der Waals surface area contributed by atoms with E-state index in [4.69, 9.17) is 4.74 Å². The van der Waals surface area contributed by atoms with Gasteiger partial charge in [-0.2, -0.15) is 0 Å². The van der Waals surface area contributed by atoms with Gasteiger partial charge in [-0.05, 0) is 47.2 Å². The number of fused-ring (bicyclic) bond motifs is 3. The van der Waals surface area contributed by atoms with Crippen LogP contribution < -0.4 is 15.4 Å². The summed E-state index contributed by atoms with van der Waals surface area (Å²) < 4.78 is 5.83. The number of hydrogen-bond donors (Lipinski definition) is 5. The van der Waals surface area contributed by atoms with Crippen LogP contribution in [-0.4, -0.2) is 34.2 Å². The molecule has 1 aliphatic rings. The van der Waals surface area contributed by atoms with Gasteiger partial charge >= 0.3 is 5.97 Å². The fourth-order valence-corrected chi connectivity index (χ4v) is 3.01. The van der Waals surface area contributed by atoms with Crippen LogP contribution in [0.5, 0.6) is 23.0 Å². The molecule has 0 unspecified atom stereocenters. The van der Waals surface area contributed by atoms with Crippen LogP contribution in [-0.2, 0) is 0 Å². The van der Waals surface area contributed by atoms with E-state index in [1.54, 1.807) is 12.1 Å². The van der Waals surface area contributed by atoms with Crippen LogP contribution in [0.2, 0.25) is 0 Å². The van der Waals surface area contributed by atoms with Crippen LogP contribution in [0.3, 0.4) is 0 Å². The Hall–Kier alpha value is -3.94. The number of benzene rings is 3. The highest BCUT2D eigenvalue weighted by Crippen LogP contribution is 2.46. The van der Waals surface area contributed by atoms with Crippen molar-refractivity contribution in [3.8, 4) is 23.0 Å². The molecule has 0 atom stereocenters. The number of carbonyl (C=O) groups excluding carboxylic acids is 1. The second-order valence-electron chi connectivity index (χ2n) is 6.04. The number of carbonyl (C=O) groups is 2. The lowest BCUT2D eigenvalue weighted by molar-refractivity contribution is 0.0697. The maximum absolute atomic E-state index is 11.9. The molecule has 0 aliphatic carbocycles. The van der Waals surface area contributed by atoms with Gasteiger partial charge in [-0.25, -0.2) is 4.79 Å². The van der Waals surface area contributed by atoms with Gasteiger partial charge in [0, 0.05) is 12.6 Å². The minimum atomic E-state index is -1.21. The minimum Gasteiger partial charge on any atom is -0.504 e. The van der Waals surface area contributed by atoms with Crippen molar-refractivity contribution in [1.82, 2.24) is 5.32 Å². The van der Waals surface area contributed by atoms with Crippen molar-refractivity contribution in [2.45, 2.75) is 0 Å². The van der Waals surface area contributed by atoms with E-state index < -0.39 is 11.9 Å². The fraction of sp³-hybridized carbons (Fsp3) is 0.0526. The Morgan fingerprint density at radius 2 is 1.63 bits per heavy atom. The first-order chi connectivity index (χ1) is 12.9. The molecule has 0 aromatic heterocycles. The van der Waals surface area contributed by atoms with Gasteiger partial charge < -0.3 is 30.7 Å². The summed E-state index contributed by atoms with van der Waals surface area (Å²) in [6, 6.07) is 8.83. The minimum absolute atomic E-state index is 0.106. The average Bonchev–Trinajstić information content (AvgIpc) is 2.64. The third-order valence-electron chi connectivity index (χ3n) is 4.33. The SMILES string of the molecule is CNC(=O)c1cc2c(c(C(=O)O)c1)Nc1cc3cc(O)c(O)cc3cc1O2. The predicted octanol–water partition coefficient (Wildman–Crippen LogP) is 3.16. The van der Waals surface area contributed by atoms with Crippen LogP contribution in [0.1, 0.15) is 20.7 Å². The number of carboxylic acid groups (broad SMARTS) is 1. The summed E-state index contributed by atoms with van der Waals surface area (Å²) in [5.41, 5.74) is 0.771. The van der Waals surface area contributed by atoms with Crippen molar-refractivity contribution in [3.05, 3.63) is 47.5 Å². The third-order valence-corrected chi connectivity index (χ3v) is 4.33. The van der Waals surface area contributed by atoms with Gasteiger partial charge in [0.05, 0.1) is 16.9 Å². The summed E-state index contributed by atoms with van der Waals surface area (Å²) in [6.45, 7) is 0. The lowest BCUT2D eigenvalue weighted by atomic mass is 10.0. The molecule has 5 N–H and O–H groups in total. The number of anilines is 2. The van der Waals surface area contributed by atoms with Crippen LogP contribution >= 0.6 is 0 Å². The van der Waals surface area contributed by atoms with E-state index in [1.807, 2.05) is 0 Å². The predicted molar refractivity (Wildman–Crippen MR) is 97.4 cm³/mol. The highest BCUT2D eigenvalue weighted by Gasteiger charge is 2.25. The molecular weight excluding hydrogens is 352 g/mol. The molecule has 4 rings (SSSR count). The number of aromatic carboxylic acids is 1. The van der Waals surface area contributed by atoms with E-state index in [1.165, 1.54) is 31.3 Å². The van der Waals surface area contributed by atoms with E-state index >= 15 is 0 Å². The smallest absolute Gasteiger partial charge is 0.337 e. The van der Waals surface area contributed by atoms with Crippen molar-refractivity contribution in [2.24, 2.45) is 0 Å². The Bertz CT molecular complexity index is 1140. The van der Waals surface area contributed by atoms with Gasteiger partial charge in [0.1, 0.15) is 0 Å². The summed E-state index contributed by atoms with van der Waals surface area (Å²) >= 11 is 0. The highest BCUT2D eigenvalue weighted by atomic mass is 16.5. The molecule has 3 aromatic carbocycles. The highest BCUT2D eigenvalue weighted by molar-refractivity contribution is 6.04. The van der Waals surface area contributed by atoms with Crippen molar-refractivity contribution in [3.63, 3.8) is 0 Å². The normalized spacial score (nSPS) is 11.7. The molecule has 3 aromatic rings. The first kappa shape index (κ1) is 16.5. The summed E-state index contributed by atoms with van der Waals surface area (Å²) in [6.07, 6.45) is 0. The summed E-state index contributed by atoms with van der Waals surface area (Å²) in [5.74, 6) is -1.58. The zero-order valence-corrected chi connectivity index (χ0v) is 14.0. The van der Waals surface area contributed by atoms with Crippen LogP contribution in [0.25, 0.3) is 10.8 Å². The monoisotopic (exact) mass is 366 g/mol. The second-order valence-corrected chi connectivity index (χ2v) is 6.04. The number of ether oxygens (including phenoxy) is 1. The molecule has 0 bridgehead atoms. The number of aromatic hydroxyl groups is 2. The van der Waals surface area contributed by atoms with Gasteiger partial charge in [0.15, 0.2) is 23.0 Å². The molecule has 8 nitrogen and oxygen atoms in total. The van der Waals surface area contributed by atoms with Gasteiger partial charge in [-0.1, -0.05) is 0 Å². The van der Waals surface area contributed by atoms with Crippen molar-refractivity contribution in [2.75, 3.05) is 12.4 Å². The van der Waals surface area contributed by atoms with Gasteiger partial charge in [-0.3, -0.25) is 4.79 Å². The molecular formula is C19H14N2O6. The molecule has 1 heterocycles. The number of hydrogen-bond acceptors (Lipinski definition) is 6. The molecule has 1 aliphatic heterocycles. The lowest BCUT2D eigenvalue weighted by Gasteiger charge is -2.24. The maximum Gasteiger partial charge on any atom is 0.337 e. The summed E-state index contributed by atoms with van der Waals surface area (Å²) in [7, 11) is 1.45. The lowest BCUT2D eigenvalue weighted by Crippen LogP contribution is -2.19. The molecule has 0 fully saturated rings. The zero-order valence-electron chi connectivity index (χ0n) is 14.0. The second kappa shape index (κ2) is 5.80. The summed E-state index contributed by atoms with van der Waals surface area (Å²) in [4.78, 5) is 23.6. The van der Waals surface area contributed by atoms with Gasteiger partial charge in [-0.15, -0.1) is 0 Å². The molecule has 27 heavy (non-hydrogen) atoms. The van der Waals surface area contributed by atoms with Crippen LogP contribution in [0.15, 0.2) is 36.4 Å². The standard InChI is InChI=1S/C19H14N2O6/c1-20-18(24)10-2-11(19(25)26)17-16(7-10)27-15-6-9-5-14(23)13(22)4-8(9)3-12(15)21-17/h2-7,21-23H,1H3,(H,20,24)(H,25,26). The molecule has 0 saturated carbocycles. The van der Waals surface area contributed by atoms with E-state index in [0.717, 1.165) is 0 Å². The number of carboxylic acids is 1. The topological polar surface area (TPSA) is 128 Å². The third kappa shape index (κ3) is 2.63. The van der Waals surface area contributed by atoms with Crippen molar-refractivity contribution in [1.29, 1.82) is 0 Å². The largest absolute Gasteiger partial charge is 0.504 e. The average molecular weight is 366 g/mol. The molecule has 136 valence electrons. The fourth-order valence-electron chi connectivity index (χ4n) is 3.01. The maximum atomic E-state index is 11.9. The van der Waals surface area contributed by atoms with E-state index in [0.29, 0.717) is 22.2 Å². The summed E-state index contributed by atoms with van der Waals surface area (Å²) in [5, 5.41) is 35.6. The molecule has 0 radical (unpaired) electrons. The molecule has 0 saturated heterocycles. The molecule has 1 amide bonds. The Labute approximate surface area is 152 Å². The van der Waals surface area contributed by atoms with Gasteiger partial charge in [0.25, 0.3) is 5.91 Å². The first-order valence-electron chi connectivity index (χ1n) is 7.95. The number of rotatable bonds is 2. The molecule has 8 heteroatoms. The van der Waals surface area contributed by atoms with Crippen molar-refractivity contribution >= 4 is 34.0 Å². The Morgan fingerprint density at radius 1 is 0.963 bits per heavy atom. The molecule has 0 spiro atoms. The van der Waals surface area contributed by atoms with Gasteiger partial charge in [0.2, 0.25) is 0 Å². The quantitative estimate of drug-likeness (QED) is 0.345. The Kier molecular flexibility index (Phi) is 3.55. The Morgan fingerprint density at radius 3 is 2.26 bits per heavy atom. The zero-order chi connectivity index (χ0) is 19.3. The first-order valence-corrected chi connectivity index (χ1v) is 7.95. The number of phenolic OH excluding ortho intramolecular Hbond substituents is 2. The van der Waals surface area contributed by atoms with E-state index in [9.17, 15) is 24.9 Å². The number of phenols is 2. The van der Waals surface area contributed by atoms with Crippen LogP contribution in [0.4, 0.5) is 11.4 Å². The van der Waals surface area contributed by atoms with E-state index in [2.05, 4.69) is 10.6 Å². The number of nitrogens with one attached hydrogen (secondary N) is 2. The van der Waals surface area contributed by atoms with E-state index in [-0.39, 0.29) is 34.1 Å². The Balaban J connectivity index is 1.88. The number of amides is 1. The van der Waals surface area contributed by atoms with Crippen molar-refractivity contribution < 1.29 is 29.6 Å². The van der Waals surface area contributed by atoms with Crippen LogP contribution in [0, 0.1) is 0 Å².